The number of carbonyl (C=O) groups excluding carboxylic acids is 2. The molecule has 2 aliphatic heterocycles. The van der Waals surface area contributed by atoms with Gasteiger partial charge in [0.1, 0.15) is 0 Å². The quantitative estimate of drug-likeness (QED) is 0.820. The second-order valence-electron chi connectivity index (χ2n) is 6.59. The van der Waals surface area contributed by atoms with Gasteiger partial charge in [0.25, 0.3) is 0 Å². The Kier molecular flexibility index (Phi) is 5.93. The second kappa shape index (κ2) is 8.17. The van der Waals surface area contributed by atoms with Crippen molar-refractivity contribution in [3.05, 3.63) is 34.3 Å². The zero-order valence-electron chi connectivity index (χ0n) is 14.5. The third kappa shape index (κ3) is 4.32. The summed E-state index contributed by atoms with van der Waals surface area (Å²) in [4.78, 5) is 28.2. The first-order valence-electron chi connectivity index (χ1n) is 8.68. The smallest absolute Gasteiger partial charge is 0.337 e. The molecule has 1 aromatic carbocycles. The van der Waals surface area contributed by atoms with Gasteiger partial charge in [0.2, 0.25) is 5.91 Å². The molecule has 0 bridgehead atoms. The van der Waals surface area contributed by atoms with Crippen LogP contribution in [-0.4, -0.2) is 67.6 Å². The Bertz CT molecular complexity index is 652. The van der Waals surface area contributed by atoms with E-state index in [1.165, 1.54) is 7.11 Å². The predicted molar refractivity (Wildman–Crippen MR) is 95.7 cm³/mol. The number of likely N-dealkylation sites (tertiary alicyclic amines) is 1. The number of nitrogens with zero attached hydrogens (tertiary/aromatic N) is 2. The summed E-state index contributed by atoms with van der Waals surface area (Å²) in [7, 11) is 1.37. The van der Waals surface area contributed by atoms with Crippen molar-refractivity contribution in [1.82, 2.24) is 15.1 Å². The lowest BCUT2D eigenvalue weighted by Crippen LogP contribution is -2.56. The molecule has 0 aromatic heterocycles. The van der Waals surface area contributed by atoms with Gasteiger partial charge in [0, 0.05) is 37.2 Å². The molecule has 2 aliphatic rings. The molecular weight excluding hydrogens is 342 g/mol. The number of ether oxygens (including phenoxy) is 1. The molecule has 0 saturated carbocycles. The van der Waals surface area contributed by atoms with Crippen LogP contribution >= 0.6 is 11.6 Å². The number of rotatable bonds is 4. The third-order valence-electron chi connectivity index (χ3n) is 4.91. The van der Waals surface area contributed by atoms with Crippen molar-refractivity contribution in [1.29, 1.82) is 0 Å². The average molecular weight is 366 g/mol. The van der Waals surface area contributed by atoms with Crippen LogP contribution in [0.5, 0.6) is 0 Å². The first-order chi connectivity index (χ1) is 12.1. The van der Waals surface area contributed by atoms with Gasteiger partial charge in [-0.05, 0) is 43.1 Å². The minimum atomic E-state index is -0.360. The molecule has 2 fully saturated rings. The topological polar surface area (TPSA) is 61.9 Å². The van der Waals surface area contributed by atoms with E-state index in [2.05, 4.69) is 10.2 Å². The molecule has 25 heavy (non-hydrogen) atoms. The van der Waals surface area contributed by atoms with Crippen LogP contribution in [0.2, 0.25) is 5.02 Å². The van der Waals surface area contributed by atoms with Gasteiger partial charge in [0.15, 0.2) is 0 Å². The Hall–Kier alpha value is -1.63. The van der Waals surface area contributed by atoms with Crippen LogP contribution in [0, 0.1) is 0 Å². The maximum absolute atomic E-state index is 12.1. The Morgan fingerprint density at radius 2 is 2.24 bits per heavy atom. The highest BCUT2D eigenvalue weighted by molar-refractivity contribution is 6.31. The molecule has 1 aromatic rings. The van der Waals surface area contributed by atoms with Crippen LogP contribution in [-0.2, 0) is 16.1 Å². The number of piperazine rings is 1. The summed E-state index contributed by atoms with van der Waals surface area (Å²) in [6, 6.07) is 5.47. The standard InChI is InChI=1S/C18H24ClN3O3/c1-25-18(24)13-4-5-16(19)14(9-13)11-21-7-2-3-15(12-21)22-8-6-20-10-17(22)23/h4-5,9,15,20H,2-3,6-8,10-12H2,1H3. The molecule has 0 aliphatic carbocycles. The molecule has 1 unspecified atom stereocenters. The summed E-state index contributed by atoms with van der Waals surface area (Å²) in [5.74, 6) is -0.176. The van der Waals surface area contributed by atoms with Gasteiger partial charge in [0.05, 0.1) is 19.2 Å². The molecule has 0 radical (unpaired) electrons. The lowest BCUT2D eigenvalue weighted by atomic mass is 10.0. The number of hydrogen-bond donors (Lipinski definition) is 1. The molecular formula is C18H24ClN3O3. The number of methoxy groups -OCH3 is 1. The van der Waals surface area contributed by atoms with Crippen molar-refractivity contribution in [2.75, 3.05) is 39.8 Å². The minimum Gasteiger partial charge on any atom is -0.465 e. The van der Waals surface area contributed by atoms with Gasteiger partial charge < -0.3 is 15.0 Å². The van der Waals surface area contributed by atoms with Crippen molar-refractivity contribution < 1.29 is 14.3 Å². The zero-order chi connectivity index (χ0) is 17.8. The first kappa shape index (κ1) is 18.2. The van der Waals surface area contributed by atoms with Crippen molar-refractivity contribution in [3.8, 4) is 0 Å². The van der Waals surface area contributed by atoms with Gasteiger partial charge in [-0.1, -0.05) is 11.6 Å². The van der Waals surface area contributed by atoms with Crippen molar-refractivity contribution in [3.63, 3.8) is 0 Å². The van der Waals surface area contributed by atoms with Crippen LogP contribution in [0.1, 0.15) is 28.8 Å². The average Bonchev–Trinajstić information content (AvgIpc) is 2.63. The van der Waals surface area contributed by atoms with E-state index < -0.39 is 0 Å². The molecule has 7 heteroatoms. The number of piperidine rings is 1. The predicted octanol–water partition coefficient (Wildman–Crippen LogP) is 1.52. The molecule has 3 rings (SSSR count). The molecule has 2 heterocycles. The number of esters is 1. The molecule has 2 saturated heterocycles. The van der Waals surface area contributed by atoms with Gasteiger partial charge >= 0.3 is 5.97 Å². The number of hydrogen-bond acceptors (Lipinski definition) is 5. The summed E-state index contributed by atoms with van der Waals surface area (Å²) in [5.41, 5.74) is 1.42. The summed E-state index contributed by atoms with van der Waals surface area (Å²) in [5, 5.41) is 3.76. The minimum absolute atomic E-state index is 0.184. The number of benzene rings is 1. The van der Waals surface area contributed by atoms with Crippen LogP contribution in [0.3, 0.4) is 0 Å². The van der Waals surface area contributed by atoms with E-state index in [0.29, 0.717) is 23.7 Å². The highest BCUT2D eigenvalue weighted by atomic mass is 35.5. The van der Waals surface area contributed by atoms with Crippen molar-refractivity contribution >= 4 is 23.5 Å². The van der Waals surface area contributed by atoms with Gasteiger partial charge in [-0.15, -0.1) is 0 Å². The van der Waals surface area contributed by atoms with Crippen LogP contribution in [0.25, 0.3) is 0 Å². The number of halogens is 1. The summed E-state index contributed by atoms with van der Waals surface area (Å²) in [6.45, 7) is 4.54. The van der Waals surface area contributed by atoms with E-state index in [1.54, 1.807) is 18.2 Å². The molecule has 0 spiro atoms. The second-order valence-corrected chi connectivity index (χ2v) is 7.00. The molecule has 1 amide bonds. The summed E-state index contributed by atoms with van der Waals surface area (Å²) in [6.07, 6.45) is 2.09. The maximum Gasteiger partial charge on any atom is 0.337 e. The van der Waals surface area contributed by atoms with Crippen LogP contribution in [0.4, 0.5) is 0 Å². The van der Waals surface area contributed by atoms with Crippen LogP contribution < -0.4 is 5.32 Å². The fourth-order valence-electron chi connectivity index (χ4n) is 3.62. The number of carbonyl (C=O) groups is 2. The monoisotopic (exact) mass is 365 g/mol. The third-order valence-corrected chi connectivity index (χ3v) is 5.28. The van der Waals surface area contributed by atoms with E-state index >= 15 is 0 Å². The van der Waals surface area contributed by atoms with Crippen molar-refractivity contribution in [2.24, 2.45) is 0 Å². The molecule has 1 N–H and O–H groups in total. The largest absolute Gasteiger partial charge is 0.465 e. The van der Waals surface area contributed by atoms with Gasteiger partial charge in [-0.3, -0.25) is 9.69 Å². The Morgan fingerprint density at radius 1 is 1.40 bits per heavy atom. The van der Waals surface area contributed by atoms with E-state index in [-0.39, 0.29) is 17.9 Å². The first-order valence-corrected chi connectivity index (χ1v) is 9.05. The highest BCUT2D eigenvalue weighted by Gasteiger charge is 2.30. The Morgan fingerprint density at radius 3 is 3.00 bits per heavy atom. The summed E-state index contributed by atoms with van der Waals surface area (Å²) < 4.78 is 4.78. The zero-order valence-corrected chi connectivity index (χ0v) is 15.2. The molecule has 1 atom stereocenters. The van der Waals surface area contributed by atoms with Gasteiger partial charge in [-0.2, -0.15) is 0 Å². The fraction of sp³-hybridized carbons (Fsp3) is 0.556. The van der Waals surface area contributed by atoms with Crippen molar-refractivity contribution in [2.45, 2.75) is 25.4 Å². The van der Waals surface area contributed by atoms with Crippen LogP contribution in [0.15, 0.2) is 18.2 Å². The van der Waals surface area contributed by atoms with E-state index in [0.717, 1.165) is 44.6 Å². The van der Waals surface area contributed by atoms with E-state index in [1.807, 2.05) is 4.90 Å². The molecule has 6 nitrogen and oxygen atoms in total. The Balaban J connectivity index is 1.68. The molecule has 136 valence electrons. The fourth-order valence-corrected chi connectivity index (χ4v) is 3.80. The number of nitrogens with one attached hydrogen (secondary N) is 1. The van der Waals surface area contributed by atoms with E-state index in [4.69, 9.17) is 16.3 Å². The summed E-state index contributed by atoms with van der Waals surface area (Å²) >= 11 is 6.32. The lowest BCUT2D eigenvalue weighted by Gasteiger charge is -2.41. The van der Waals surface area contributed by atoms with Gasteiger partial charge in [-0.25, -0.2) is 4.79 Å². The number of amides is 1. The normalized spacial score (nSPS) is 22.1. The Labute approximate surface area is 153 Å². The van der Waals surface area contributed by atoms with E-state index in [9.17, 15) is 9.59 Å². The SMILES string of the molecule is COC(=O)c1ccc(Cl)c(CN2CCCC(N3CCNCC3=O)C2)c1. The maximum atomic E-state index is 12.1. The lowest BCUT2D eigenvalue weighted by molar-refractivity contribution is -0.135. The highest BCUT2D eigenvalue weighted by Crippen LogP contribution is 2.23.